The molecule has 3 heteroatoms. The SMILES string of the molecule is CN(C)CCCN(C)C1CC(c2ccccc2)CCC1N. The lowest BCUT2D eigenvalue weighted by Crippen LogP contribution is -2.49. The van der Waals surface area contributed by atoms with Crippen molar-refractivity contribution in [2.24, 2.45) is 5.73 Å². The third kappa shape index (κ3) is 4.80. The normalized spacial score (nSPS) is 26.5. The third-order valence-corrected chi connectivity index (χ3v) is 4.82. The molecule has 0 radical (unpaired) electrons. The Bertz CT molecular complexity index is 404. The fraction of sp³-hybridized carbons (Fsp3) is 0.667. The topological polar surface area (TPSA) is 32.5 Å². The van der Waals surface area contributed by atoms with Crippen LogP contribution >= 0.6 is 0 Å². The second-order valence-electron chi connectivity index (χ2n) is 6.79. The van der Waals surface area contributed by atoms with E-state index >= 15 is 0 Å². The molecule has 21 heavy (non-hydrogen) atoms. The first-order valence-corrected chi connectivity index (χ1v) is 8.23. The highest BCUT2D eigenvalue weighted by Gasteiger charge is 2.31. The van der Waals surface area contributed by atoms with Crippen molar-refractivity contribution < 1.29 is 0 Å². The average molecular weight is 289 g/mol. The van der Waals surface area contributed by atoms with Crippen LogP contribution in [0.4, 0.5) is 0 Å². The van der Waals surface area contributed by atoms with Crippen LogP contribution in [0, 0.1) is 0 Å². The molecule has 118 valence electrons. The molecule has 3 nitrogen and oxygen atoms in total. The summed E-state index contributed by atoms with van der Waals surface area (Å²) in [5, 5.41) is 0. The van der Waals surface area contributed by atoms with E-state index in [1.165, 1.54) is 24.8 Å². The van der Waals surface area contributed by atoms with Crippen LogP contribution in [0.2, 0.25) is 0 Å². The molecule has 0 aliphatic heterocycles. The van der Waals surface area contributed by atoms with E-state index in [1.807, 2.05) is 0 Å². The van der Waals surface area contributed by atoms with Gasteiger partial charge in [-0.15, -0.1) is 0 Å². The smallest absolute Gasteiger partial charge is 0.0249 e. The molecule has 0 heterocycles. The molecule has 1 aliphatic carbocycles. The van der Waals surface area contributed by atoms with Gasteiger partial charge in [0.05, 0.1) is 0 Å². The van der Waals surface area contributed by atoms with Gasteiger partial charge in [0.2, 0.25) is 0 Å². The minimum atomic E-state index is 0.328. The quantitative estimate of drug-likeness (QED) is 0.873. The molecule has 3 atom stereocenters. The summed E-state index contributed by atoms with van der Waals surface area (Å²) in [5.74, 6) is 0.673. The number of hydrogen-bond donors (Lipinski definition) is 1. The Morgan fingerprint density at radius 3 is 2.43 bits per heavy atom. The molecule has 0 amide bonds. The molecular formula is C18H31N3. The summed E-state index contributed by atoms with van der Waals surface area (Å²) >= 11 is 0. The Morgan fingerprint density at radius 2 is 1.76 bits per heavy atom. The number of hydrogen-bond acceptors (Lipinski definition) is 3. The number of likely N-dealkylation sites (N-methyl/N-ethyl adjacent to an activating group) is 1. The first-order chi connectivity index (χ1) is 10.1. The molecule has 0 aromatic heterocycles. The largest absolute Gasteiger partial charge is 0.326 e. The summed E-state index contributed by atoms with van der Waals surface area (Å²) in [4.78, 5) is 4.74. The van der Waals surface area contributed by atoms with E-state index in [4.69, 9.17) is 5.73 Å². The molecule has 0 saturated heterocycles. The molecule has 1 aliphatic rings. The van der Waals surface area contributed by atoms with Gasteiger partial charge in [-0.1, -0.05) is 30.3 Å². The fourth-order valence-electron chi connectivity index (χ4n) is 3.51. The molecule has 0 bridgehead atoms. The lowest BCUT2D eigenvalue weighted by atomic mass is 9.78. The van der Waals surface area contributed by atoms with Crippen molar-refractivity contribution in [3.8, 4) is 0 Å². The Balaban J connectivity index is 1.91. The van der Waals surface area contributed by atoms with Crippen LogP contribution < -0.4 is 5.73 Å². The third-order valence-electron chi connectivity index (χ3n) is 4.82. The van der Waals surface area contributed by atoms with E-state index in [2.05, 4.69) is 61.3 Å². The highest BCUT2D eigenvalue weighted by atomic mass is 15.2. The summed E-state index contributed by atoms with van der Waals surface area (Å²) in [6.07, 6.45) is 4.78. The summed E-state index contributed by atoms with van der Waals surface area (Å²) in [7, 11) is 6.52. The van der Waals surface area contributed by atoms with Gasteiger partial charge in [0.25, 0.3) is 0 Å². The van der Waals surface area contributed by atoms with Crippen molar-refractivity contribution in [2.75, 3.05) is 34.2 Å². The Hall–Kier alpha value is -0.900. The van der Waals surface area contributed by atoms with Crippen molar-refractivity contribution in [1.29, 1.82) is 0 Å². The molecule has 2 N–H and O–H groups in total. The zero-order valence-corrected chi connectivity index (χ0v) is 13.8. The van der Waals surface area contributed by atoms with Gasteiger partial charge in [-0.3, -0.25) is 0 Å². The van der Waals surface area contributed by atoms with Gasteiger partial charge in [-0.05, 0) is 71.4 Å². The Kier molecular flexibility index (Phi) is 6.22. The zero-order chi connectivity index (χ0) is 15.2. The molecule has 2 rings (SSSR count). The van der Waals surface area contributed by atoms with Gasteiger partial charge in [-0.2, -0.15) is 0 Å². The van der Waals surface area contributed by atoms with E-state index in [0.717, 1.165) is 19.5 Å². The number of nitrogens with zero attached hydrogens (tertiary/aromatic N) is 2. The van der Waals surface area contributed by atoms with E-state index in [0.29, 0.717) is 18.0 Å². The van der Waals surface area contributed by atoms with E-state index in [9.17, 15) is 0 Å². The van der Waals surface area contributed by atoms with E-state index in [1.54, 1.807) is 0 Å². The lowest BCUT2D eigenvalue weighted by Gasteiger charge is -2.40. The molecule has 1 aromatic rings. The molecule has 1 aromatic carbocycles. The summed E-state index contributed by atoms with van der Waals surface area (Å²) < 4.78 is 0. The maximum Gasteiger partial charge on any atom is 0.0249 e. The highest BCUT2D eigenvalue weighted by Crippen LogP contribution is 2.34. The molecule has 0 spiro atoms. The van der Waals surface area contributed by atoms with Crippen molar-refractivity contribution in [2.45, 2.75) is 43.7 Å². The van der Waals surface area contributed by atoms with E-state index < -0.39 is 0 Å². The number of benzene rings is 1. The number of rotatable bonds is 6. The van der Waals surface area contributed by atoms with Crippen molar-refractivity contribution in [3.63, 3.8) is 0 Å². The molecule has 3 unspecified atom stereocenters. The van der Waals surface area contributed by atoms with Crippen LogP contribution in [0.15, 0.2) is 30.3 Å². The summed E-state index contributed by atoms with van der Waals surface area (Å²) in [6, 6.07) is 11.8. The zero-order valence-electron chi connectivity index (χ0n) is 13.8. The van der Waals surface area contributed by atoms with Crippen molar-refractivity contribution in [3.05, 3.63) is 35.9 Å². The fourth-order valence-corrected chi connectivity index (χ4v) is 3.51. The second kappa shape index (κ2) is 7.92. The van der Waals surface area contributed by atoms with Crippen LogP contribution in [0.25, 0.3) is 0 Å². The van der Waals surface area contributed by atoms with Gasteiger partial charge in [0, 0.05) is 12.1 Å². The summed E-state index contributed by atoms with van der Waals surface area (Å²) in [5.41, 5.74) is 7.88. The minimum Gasteiger partial charge on any atom is -0.326 e. The molecule has 1 fully saturated rings. The van der Waals surface area contributed by atoms with Gasteiger partial charge in [-0.25, -0.2) is 0 Å². The first kappa shape index (κ1) is 16.5. The van der Waals surface area contributed by atoms with Crippen molar-refractivity contribution >= 4 is 0 Å². The maximum atomic E-state index is 6.40. The van der Waals surface area contributed by atoms with Gasteiger partial charge >= 0.3 is 0 Å². The van der Waals surface area contributed by atoms with Crippen molar-refractivity contribution in [1.82, 2.24) is 9.80 Å². The molecule has 1 saturated carbocycles. The Morgan fingerprint density at radius 1 is 1.05 bits per heavy atom. The second-order valence-corrected chi connectivity index (χ2v) is 6.79. The predicted molar refractivity (Wildman–Crippen MR) is 90.6 cm³/mol. The average Bonchev–Trinajstić information content (AvgIpc) is 2.48. The predicted octanol–water partition coefficient (Wildman–Crippen LogP) is 2.53. The minimum absolute atomic E-state index is 0.328. The standard InChI is InChI=1S/C18H31N3/c1-20(2)12-7-13-21(3)18-14-16(10-11-17(18)19)15-8-5-4-6-9-15/h4-6,8-9,16-18H,7,10-14,19H2,1-3H3. The van der Waals surface area contributed by atoms with Gasteiger partial charge in [0.15, 0.2) is 0 Å². The van der Waals surface area contributed by atoms with Gasteiger partial charge in [0.1, 0.15) is 0 Å². The van der Waals surface area contributed by atoms with E-state index in [-0.39, 0.29) is 0 Å². The summed E-state index contributed by atoms with van der Waals surface area (Å²) in [6.45, 7) is 2.28. The highest BCUT2D eigenvalue weighted by molar-refractivity contribution is 5.20. The van der Waals surface area contributed by atoms with Crippen LogP contribution in [0.3, 0.4) is 0 Å². The lowest BCUT2D eigenvalue weighted by molar-refractivity contribution is 0.152. The van der Waals surface area contributed by atoms with Crippen LogP contribution in [-0.4, -0.2) is 56.1 Å². The number of nitrogens with two attached hydrogens (primary N) is 1. The first-order valence-electron chi connectivity index (χ1n) is 8.23. The van der Waals surface area contributed by atoms with Gasteiger partial charge < -0.3 is 15.5 Å². The van der Waals surface area contributed by atoms with Crippen LogP contribution in [0.5, 0.6) is 0 Å². The maximum absolute atomic E-state index is 6.40. The Labute approximate surface area is 130 Å². The van der Waals surface area contributed by atoms with Crippen LogP contribution in [0.1, 0.15) is 37.2 Å². The van der Waals surface area contributed by atoms with Crippen LogP contribution in [-0.2, 0) is 0 Å². The molecular weight excluding hydrogens is 258 g/mol. The monoisotopic (exact) mass is 289 g/mol.